The number of amides is 4. The fourth-order valence-corrected chi connectivity index (χ4v) is 3.09. The van der Waals surface area contributed by atoms with Crippen LogP contribution >= 0.6 is 11.8 Å². The Hall–Kier alpha value is -2.87. The van der Waals surface area contributed by atoms with Crippen LogP contribution in [0.4, 0.5) is 0 Å². The van der Waals surface area contributed by atoms with Crippen molar-refractivity contribution in [1.82, 2.24) is 16.0 Å². The van der Waals surface area contributed by atoms with Crippen molar-refractivity contribution in [2.45, 2.75) is 63.7 Å². The molecule has 0 aliphatic carbocycles. The third-order valence-electron chi connectivity index (χ3n) is 4.83. The number of carbonyl (C=O) groups is 6. The van der Waals surface area contributed by atoms with Gasteiger partial charge in [-0.25, -0.2) is 4.79 Å². The van der Waals surface area contributed by atoms with E-state index in [0.29, 0.717) is 12.2 Å². The van der Waals surface area contributed by atoms with Crippen molar-refractivity contribution >= 4 is 47.3 Å². The molecule has 188 valence electrons. The summed E-state index contributed by atoms with van der Waals surface area (Å²) >= 11 is 1.35. The second kappa shape index (κ2) is 15.1. The van der Waals surface area contributed by atoms with Gasteiger partial charge in [0.2, 0.25) is 23.6 Å². The average molecular weight is 492 g/mol. The lowest BCUT2D eigenvalue weighted by atomic mass is 9.99. The molecule has 0 aromatic rings. The van der Waals surface area contributed by atoms with E-state index in [4.69, 9.17) is 21.7 Å². The summed E-state index contributed by atoms with van der Waals surface area (Å²) in [5.41, 5.74) is 11.0. The molecule has 0 saturated heterocycles. The fraction of sp³-hybridized carbons (Fsp3) is 0.684. The second-order valence-corrected chi connectivity index (χ2v) is 8.47. The molecule has 0 aromatic heterocycles. The number of thioether (sulfide) groups is 1. The van der Waals surface area contributed by atoms with Crippen LogP contribution in [0.15, 0.2) is 0 Å². The van der Waals surface area contributed by atoms with Gasteiger partial charge >= 0.3 is 11.9 Å². The summed E-state index contributed by atoms with van der Waals surface area (Å²) in [6.45, 7) is 3.57. The average Bonchev–Trinajstić information content (AvgIpc) is 2.73. The van der Waals surface area contributed by atoms with Crippen LogP contribution in [-0.2, 0) is 28.8 Å². The van der Waals surface area contributed by atoms with Crippen molar-refractivity contribution in [2.24, 2.45) is 17.4 Å². The van der Waals surface area contributed by atoms with E-state index >= 15 is 0 Å². The lowest BCUT2D eigenvalue weighted by Crippen LogP contribution is -2.58. The van der Waals surface area contributed by atoms with Gasteiger partial charge in [-0.05, 0) is 24.3 Å². The zero-order chi connectivity index (χ0) is 25.7. The zero-order valence-corrected chi connectivity index (χ0v) is 19.6. The van der Waals surface area contributed by atoms with Gasteiger partial charge < -0.3 is 37.6 Å². The van der Waals surface area contributed by atoms with Gasteiger partial charge in [-0.3, -0.25) is 24.0 Å². The van der Waals surface area contributed by atoms with Gasteiger partial charge in [-0.1, -0.05) is 20.3 Å². The van der Waals surface area contributed by atoms with Crippen LogP contribution in [0.2, 0.25) is 0 Å². The van der Waals surface area contributed by atoms with Crippen molar-refractivity contribution in [1.29, 1.82) is 0 Å². The standard InChI is InChI=1S/C19H33N5O8S/c1-4-9(2)15(21)18(30)23-11(7-13(20)25)17(29)22-10(5-6-33-3)16(28)24-12(19(31)32)8-14(26)27/h9-12,15H,4-8,21H2,1-3H3,(H2,20,25)(H,22,29)(H,23,30)(H,24,28)(H,26,27)(H,31,32). The summed E-state index contributed by atoms with van der Waals surface area (Å²) in [5.74, 6) is -6.19. The molecular weight excluding hydrogens is 458 g/mol. The van der Waals surface area contributed by atoms with E-state index in [9.17, 15) is 28.8 Å². The highest BCUT2D eigenvalue weighted by molar-refractivity contribution is 7.98. The number of hydrogen-bond acceptors (Lipinski definition) is 8. The fourth-order valence-electron chi connectivity index (χ4n) is 2.61. The quantitative estimate of drug-likeness (QED) is 0.125. The van der Waals surface area contributed by atoms with E-state index in [-0.39, 0.29) is 12.3 Å². The Bertz CT molecular complexity index is 735. The highest BCUT2D eigenvalue weighted by atomic mass is 32.2. The molecule has 0 rings (SSSR count). The number of carboxylic acid groups (broad SMARTS) is 2. The second-order valence-electron chi connectivity index (χ2n) is 7.48. The molecule has 0 spiro atoms. The number of nitrogens with one attached hydrogen (secondary N) is 3. The van der Waals surface area contributed by atoms with Gasteiger partial charge in [0.25, 0.3) is 0 Å². The molecule has 33 heavy (non-hydrogen) atoms. The van der Waals surface area contributed by atoms with Crippen LogP contribution < -0.4 is 27.4 Å². The zero-order valence-electron chi connectivity index (χ0n) is 18.8. The third kappa shape index (κ3) is 11.5. The lowest BCUT2D eigenvalue weighted by Gasteiger charge is -2.25. The van der Waals surface area contributed by atoms with Crippen molar-refractivity contribution in [3.63, 3.8) is 0 Å². The normalized spacial score (nSPS) is 15.3. The van der Waals surface area contributed by atoms with Crippen LogP contribution in [0, 0.1) is 5.92 Å². The minimum atomic E-state index is -1.71. The third-order valence-corrected chi connectivity index (χ3v) is 5.48. The first-order chi connectivity index (χ1) is 15.3. The molecule has 0 radical (unpaired) electrons. The molecule has 13 nitrogen and oxygen atoms in total. The first kappa shape index (κ1) is 30.1. The summed E-state index contributed by atoms with van der Waals surface area (Å²) in [7, 11) is 0. The van der Waals surface area contributed by atoms with Gasteiger partial charge in [0.15, 0.2) is 0 Å². The van der Waals surface area contributed by atoms with Crippen molar-refractivity contribution in [3.05, 3.63) is 0 Å². The summed E-state index contributed by atoms with van der Waals surface area (Å²) in [5, 5.41) is 24.8. The van der Waals surface area contributed by atoms with Gasteiger partial charge in [-0.15, -0.1) is 0 Å². The summed E-state index contributed by atoms with van der Waals surface area (Å²) < 4.78 is 0. The number of carboxylic acids is 2. The van der Waals surface area contributed by atoms with Gasteiger partial charge in [0.1, 0.15) is 18.1 Å². The first-order valence-corrected chi connectivity index (χ1v) is 11.6. The minimum absolute atomic E-state index is 0.0712. The molecule has 0 heterocycles. The van der Waals surface area contributed by atoms with Crippen LogP contribution in [0.1, 0.15) is 39.5 Å². The number of rotatable bonds is 16. The van der Waals surface area contributed by atoms with E-state index in [2.05, 4.69) is 16.0 Å². The number of aliphatic carboxylic acids is 2. The SMILES string of the molecule is CCC(C)C(N)C(=O)NC(CC(N)=O)C(=O)NC(CCSC)C(=O)NC(CC(=O)O)C(=O)O. The molecule has 0 aromatic carbocycles. The number of nitrogens with two attached hydrogens (primary N) is 2. The molecule has 9 N–H and O–H groups in total. The molecule has 0 aliphatic rings. The van der Waals surface area contributed by atoms with Crippen molar-refractivity contribution in [2.75, 3.05) is 12.0 Å². The predicted molar refractivity (Wildman–Crippen MR) is 120 cm³/mol. The summed E-state index contributed by atoms with van der Waals surface area (Å²) in [6, 6.07) is -5.32. The van der Waals surface area contributed by atoms with Crippen LogP contribution in [0.5, 0.6) is 0 Å². The number of hydrogen-bond donors (Lipinski definition) is 7. The molecule has 0 bridgehead atoms. The van der Waals surface area contributed by atoms with Crippen molar-refractivity contribution in [3.8, 4) is 0 Å². The largest absolute Gasteiger partial charge is 0.481 e. The number of carbonyl (C=O) groups excluding carboxylic acids is 4. The lowest BCUT2D eigenvalue weighted by molar-refractivity contribution is -0.147. The molecule has 14 heteroatoms. The molecular formula is C19H33N5O8S. The molecule has 5 unspecified atom stereocenters. The monoisotopic (exact) mass is 491 g/mol. The van der Waals surface area contributed by atoms with Crippen molar-refractivity contribution < 1.29 is 39.0 Å². The molecule has 5 atom stereocenters. The molecule has 0 aliphatic heterocycles. The van der Waals surface area contributed by atoms with Crippen LogP contribution in [0.25, 0.3) is 0 Å². The molecule has 4 amide bonds. The van der Waals surface area contributed by atoms with E-state index in [1.165, 1.54) is 11.8 Å². The highest BCUT2D eigenvalue weighted by Gasteiger charge is 2.32. The Labute approximate surface area is 195 Å². The maximum atomic E-state index is 12.8. The first-order valence-electron chi connectivity index (χ1n) is 10.2. The van der Waals surface area contributed by atoms with Crippen LogP contribution in [0.3, 0.4) is 0 Å². The van der Waals surface area contributed by atoms with E-state index in [1.807, 2.05) is 6.92 Å². The Morgan fingerprint density at radius 3 is 1.85 bits per heavy atom. The highest BCUT2D eigenvalue weighted by Crippen LogP contribution is 2.07. The molecule has 0 fully saturated rings. The summed E-state index contributed by atoms with van der Waals surface area (Å²) in [4.78, 5) is 71.3. The summed E-state index contributed by atoms with van der Waals surface area (Å²) in [6.07, 6.45) is 0.991. The van der Waals surface area contributed by atoms with E-state index < -0.39 is 72.6 Å². The Morgan fingerprint density at radius 2 is 1.39 bits per heavy atom. The number of primary amides is 1. The Kier molecular flexibility index (Phi) is 13.7. The van der Waals surface area contributed by atoms with Gasteiger partial charge in [0, 0.05) is 0 Å². The molecule has 0 saturated carbocycles. The smallest absolute Gasteiger partial charge is 0.326 e. The van der Waals surface area contributed by atoms with Crippen LogP contribution in [-0.4, -0.2) is 82.0 Å². The van der Waals surface area contributed by atoms with E-state index in [1.54, 1.807) is 13.2 Å². The Morgan fingerprint density at radius 1 is 0.879 bits per heavy atom. The maximum Gasteiger partial charge on any atom is 0.326 e. The van der Waals surface area contributed by atoms with E-state index in [0.717, 1.165) is 0 Å². The minimum Gasteiger partial charge on any atom is -0.481 e. The predicted octanol–water partition coefficient (Wildman–Crippen LogP) is -2.00. The van der Waals surface area contributed by atoms with Gasteiger partial charge in [-0.2, -0.15) is 11.8 Å². The maximum absolute atomic E-state index is 12.8. The van der Waals surface area contributed by atoms with Gasteiger partial charge in [0.05, 0.1) is 18.9 Å². The Balaban J connectivity index is 5.53. The topological polar surface area (TPSA) is 231 Å².